The minimum absolute atomic E-state index is 0.0712. The summed E-state index contributed by atoms with van der Waals surface area (Å²) in [7, 11) is -1.61. The summed E-state index contributed by atoms with van der Waals surface area (Å²) in [5, 5.41) is 4.59. The summed E-state index contributed by atoms with van der Waals surface area (Å²) in [6.07, 6.45) is 5.91. The third kappa shape index (κ3) is 4.11. The Hall–Kier alpha value is -2.57. The highest BCUT2D eigenvalue weighted by molar-refractivity contribution is 7.82. The summed E-state index contributed by atoms with van der Waals surface area (Å²) >= 11 is 0. The van der Waals surface area contributed by atoms with Crippen LogP contribution in [0.1, 0.15) is 50.9 Å². The first kappa shape index (κ1) is 22.2. The third-order valence-corrected chi connectivity index (χ3v) is 8.60. The van der Waals surface area contributed by atoms with E-state index in [0.717, 1.165) is 42.2 Å². The maximum absolute atomic E-state index is 13.4. The van der Waals surface area contributed by atoms with Gasteiger partial charge in [-0.3, -0.25) is 0 Å². The molecule has 0 N–H and O–H groups in total. The van der Waals surface area contributed by atoms with E-state index < -0.39 is 11.0 Å². The Morgan fingerprint density at radius 2 is 1.76 bits per heavy atom. The minimum Gasteiger partial charge on any atom is -0.233 e. The molecule has 4 nitrogen and oxygen atoms in total. The molecule has 2 heterocycles. The van der Waals surface area contributed by atoms with E-state index in [0.29, 0.717) is 0 Å². The van der Waals surface area contributed by atoms with Gasteiger partial charge in [-0.05, 0) is 71.9 Å². The second kappa shape index (κ2) is 8.03. The predicted molar refractivity (Wildman–Crippen MR) is 132 cm³/mol. The highest BCUT2D eigenvalue weighted by Crippen LogP contribution is 2.44. The molecule has 1 fully saturated rings. The van der Waals surface area contributed by atoms with E-state index in [1.54, 1.807) is 12.1 Å². The van der Waals surface area contributed by atoms with Crippen LogP contribution in [0.3, 0.4) is 0 Å². The second-order valence-electron chi connectivity index (χ2n) is 10.6. The number of hydrogen-bond acceptors (Lipinski definition) is 2. The molecule has 5 rings (SSSR count). The SMILES string of the molecule is CC12Cc3cnn(-c4ccc(F)cc4)c3C=C1CCN([SH+](=O)c1ccc(C(C)(C)C)cc1)C2. The Kier molecular flexibility index (Phi) is 5.41. The van der Waals surface area contributed by atoms with Crippen LogP contribution in [-0.4, -0.2) is 27.2 Å². The van der Waals surface area contributed by atoms with Gasteiger partial charge in [0, 0.05) is 12.0 Å². The van der Waals surface area contributed by atoms with E-state index in [9.17, 15) is 8.60 Å². The van der Waals surface area contributed by atoms with Gasteiger partial charge in [0.25, 0.3) is 0 Å². The van der Waals surface area contributed by atoms with Gasteiger partial charge in [0.15, 0.2) is 15.9 Å². The lowest BCUT2D eigenvalue weighted by Gasteiger charge is -2.41. The molecule has 1 saturated heterocycles. The lowest BCUT2D eigenvalue weighted by atomic mass is 9.70. The summed E-state index contributed by atoms with van der Waals surface area (Å²) < 4.78 is 30.9. The quantitative estimate of drug-likeness (QED) is 0.372. The van der Waals surface area contributed by atoms with Crippen LogP contribution in [0.4, 0.5) is 4.39 Å². The topological polar surface area (TPSA) is 38.1 Å². The molecule has 1 aromatic heterocycles. The summed E-state index contributed by atoms with van der Waals surface area (Å²) in [5.41, 5.74) is 5.75. The molecular weight excluding hydrogens is 433 g/mol. The number of halogens is 1. The number of benzene rings is 2. The van der Waals surface area contributed by atoms with Crippen LogP contribution in [0, 0.1) is 11.2 Å². The van der Waals surface area contributed by atoms with Gasteiger partial charge in [-0.25, -0.2) is 9.07 Å². The molecule has 33 heavy (non-hydrogen) atoms. The normalized spacial score (nSPS) is 21.8. The number of thiol groups is 1. The molecule has 0 amide bonds. The molecule has 0 spiro atoms. The van der Waals surface area contributed by atoms with E-state index >= 15 is 0 Å². The van der Waals surface area contributed by atoms with Crippen molar-refractivity contribution in [2.24, 2.45) is 5.41 Å². The number of rotatable bonds is 3. The first-order valence-corrected chi connectivity index (χ1v) is 12.7. The maximum Gasteiger partial charge on any atom is 0.178 e. The lowest BCUT2D eigenvalue weighted by Crippen LogP contribution is -2.45. The molecule has 172 valence electrons. The zero-order valence-electron chi connectivity index (χ0n) is 19.7. The highest BCUT2D eigenvalue weighted by atomic mass is 32.2. The molecule has 1 aliphatic heterocycles. The van der Waals surface area contributed by atoms with Gasteiger partial charge in [0.05, 0.1) is 24.1 Å². The number of aromatic nitrogens is 2. The first-order valence-electron chi connectivity index (χ1n) is 11.5. The summed E-state index contributed by atoms with van der Waals surface area (Å²) in [6, 6.07) is 14.7. The molecule has 0 radical (unpaired) electrons. The van der Waals surface area contributed by atoms with Crippen molar-refractivity contribution in [1.82, 2.24) is 14.1 Å². The fourth-order valence-corrected chi connectivity index (χ4v) is 6.47. The summed E-state index contributed by atoms with van der Waals surface area (Å²) in [6.45, 7) is 10.4. The Morgan fingerprint density at radius 3 is 2.42 bits per heavy atom. The van der Waals surface area contributed by atoms with Gasteiger partial charge < -0.3 is 0 Å². The molecule has 2 aromatic carbocycles. The first-order chi connectivity index (χ1) is 15.6. The van der Waals surface area contributed by atoms with Gasteiger partial charge in [0.1, 0.15) is 5.82 Å². The highest BCUT2D eigenvalue weighted by Gasteiger charge is 2.43. The molecule has 2 atom stereocenters. The van der Waals surface area contributed by atoms with Crippen LogP contribution >= 0.6 is 0 Å². The van der Waals surface area contributed by atoms with E-state index in [4.69, 9.17) is 0 Å². The molecule has 0 bridgehead atoms. The molecule has 0 saturated carbocycles. The number of hydrogen-bond donors (Lipinski definition) is 0. The molecular formula is C27H31FN3OS+. The predicted octanol–water partition coefficient (Wildman–Crippen LogP) is 5.63. The molecule has 2 aliphatic rings. The fraction of sp³-hybridized carbons (Fsp3) is 0.370. The van der Waals surface area contributed by atoms with Crippen LogP contribution in [-0.2, 0) is 27.0 Å². The van der Waals surface area contributed by atoms with Crippen LogP contribution in [0.2, 0.25) is 0 Å². The number of piperidine rings is 1. The monoisotopic (exact) mass is 464 g/mol. The largest absolute Gasteiger partial charge is 0.233 e. The molecule has 1 aliphatic carbocycles. The lowest BCUT2D eigenvalue weighted by molar-refractivity contribution is 0.238. The number of fused-ring (bicyclic) bond motifs is 2. The molecule has 6 heteroatoms. The zero-order valence-corrected chi connectivity index (χ0v) is 20.6. The minimum atomic E-state index is -1.61. The van der Waals surface area contributed by atoms with Crippen molar-refractivity contribution in [2.45, 2.75) is 50.8 Å². The Labute approximate surface area is 197 Å². The smallest absolute Gasteiger partial charge is 0.178 e. The van der Waals surface area contributed by atoms with E-state index in [1.807, 2.05) is 23.0 Å². The van der Waals surface area contributed by atoms with Crippen LogP contribution < -0.4 is 0 Å². The average Bonchev–Trinajstić information content (AvgIpc) is 3.18. The van der Waals surface area contributed by atoms with E-state index in [2.05, 4.69) is 55.3 Å². The van der Waals surface area contributed by atoms with Gasteiger partial charge in [-0.2, -0.15) is 5.10 Å². The summed E-state index contributed by atoms with van der Waals surface area (Å²) in [5.74, 6) is -0.250. The van der Waals surface area contributed by atoms with E-state index in [1.165, 1.54) is 28.8 Å². The Balaban J connectivity index is 1.38. The van der Waals surface area contributed by atoms with Gasteiger partial charge in [0.2, 0.25) is 0 Å². The average molecular weight is 465 g/mol. The molecule has 3 aromatic rings. The van der Waals surface area contributed by atoms with Crippen LogP contribution in [0.25, 0.3) is 11.8 Å². The molecule has 2 unspecified atom stereocenters. The van der Waals surface area contributed by atoms with Crippen molar-refractivity contribution in [2.75, 3.05) is 13.1 Å². The Morgan fingerprint density at radius 1 is 1.06 bits per heavy atom. The van der Waals surface area contributed by atoms with Crippen LogP contribution in [0.5, 0.6) is 0 Å². The van der Waals surface area contributed by atoms with Crippen molar-refractivity contribution in [3.63, 3.8) is 0 Å². The van der Waals surface area contributed by atoms with Crippen molar-refractivity contribution in [1.29, 1.82) is 0 Å². The van der Waals surface area contributed by atoms with Crippen LogP contribution in [0.15, 0.2) is 65.2 Å². The van der Waals surface area contributed by atoms with Crippen molar-refractivity contribution in [3.8, 4) is 5.69 Å². The fourth-order valence-electron chi connectivity index (χ4n) is 5.01. The standard InChI is InChI=1S/C27H30FN3OS/c1-26(2,3)20-5-11-24(12-6-20)33(32)30-14-13-21-15-25-19(16-27(21,4)18-30)17-29-31(25)23-9-7-22(28)8-10-23/h5-12,15,17H,13-14,16,18H2,1-4H3/p+1. The maximum atomic E-state index is 13.4. The van der Waals surface area contributed by atoms with Gasteiger partial charge in [-0.15, -0.1) is 4.31 Å². The van der Waals surface area contributed by atoms with E-state index in [-0.39, 0.29) is 16.6 Å². The van der Waals surface area contributed by atoms with Gasteiger partial charge >= 0.3 is 0 Å². The van der Waals surface area contributed by atoms with Crippen molar-refractivity contribution in [3.05, 3.63) is 82.9 Å². The zero-order chi connectivity index (χ0) is 23.4. The Bertz CT molecular complexity index is 1240. The summed E-state index contributed by atoms with van der Waals surface area (Å²) in [4.78, 5) is 0.898. The van der Waals surface area contributed by atoms with Crippen molar-refractivity contribution < 1.29 is 8.60 Å². The van der Waals surface area contributed by atoms with Gasteiger partial charge in [-0.1, -0.05) is 49.6 Å². The third-order valence-electron chi connectivity index (χ3n) is 7.01. The van der Waals surface area contributed by atoms with Crippen molar-refractivity contribution >= 4 is 17.1 Å². The second-order valence-corrected chi connectivity index (χ2v) is 12.2. The number of nitrogens with zero attached hydrogens (tertiary/aromatic N) is 3.